The van der Waals surface area contributed by atoms with Gasteiger partial charge < -0.3 is 5.11 Å². The molecule has 2 aromatic carbocycles. The van der Waals surface area contributed by atoms with Crippen LogP contribution in [-0.2, 0) is 0 Å². The molecule has 2 rings (SSSR count). The van der Waals surface area contributed by atoms with Crippen molar-refractivity contribution in [2.24, 2.45) is 0 Å². The Morgan fingerprint density at radius 1 is 1.21 bits per heavy atom. The lowest BCUT2D eigenvalue weighted by molar-refractivity contribution is 0.208. The van der Waals surface area contributed by atoms with Crippen molar-refractivity contribution in [1.82, 2.24) is 0 Å². The zero-order valence-corrected chi connectivity index (χ0v) is 12.8. The molecule has 19 heavy (non-hydrogen) atoms. The fraction of sp³-hybridized carbons (Fsp3) is 0.143. The molecule has 0 radical (unpaired) electrons. The van der Waals surface area contributed by atoms with Crippen LogP contribution in [-0.4, -0.2) is 5.11 Å². The molecule has 1 unspecified atom stereocenters. The van der Waals surface area contributed by atoms with Crippen molar-refractivity contribution >= 4 is 34.2 Å². The van der Waals surface area contributed by atoms with Gasteiger partial charge in [-0.15, -0.1) is 0 Å². The maximum Gasteiger partial charge on any atom is 0.135 e. The predicted molar refractivity (Wildman–Crippen MR) is 79.3 cm³/mol. The van der Waals surface area contributed by atoms with Crippen molar-refractivity contribution in [2.75, 3.05) is 0 Å². The Morgan fingerprint density at radius 3 is 2.58 bits per heavy atom. The first-order valence-corrected chi connectivity index (χ1v) is 6.95. The molecule has 0 saturated carbocycles. The Bertz CT molecular complexity index is 631. The first-order valence-electron chi connectivity index (χ1n) is 5.49. The normalized spacial score (nSPS) is 12.5. The van der Waals surface area contributed by atoms with Gasteiger partial charge >= 0.3 is 0 Å². The SMILES string of the molecule is Cc1ccc(F)c(C(O)c2cc(Cl)ccc2I)c1F. The minimum absolute atomic E-state index is 0.285. The first-order chi connectivity index (χ1) is 8.91. The van der Waals surface area contributed by atoms with E-state index in [1.54, 1.807) is 12.1 Å². The number of halogens is 4. The van der Waals surface area contributed by atoms with Crippen molar-refractivity contribution in [1.29, 1.82) is 0 Å². The van der Waals surface area contributed by atoms with E-state index in [2.05, 4.69) is 0 Å². The summed E-state index contributed by atoms with van der Waals surface area (Å²) in [6.07, 6.45) is -1.38. The first kappa shape index (κ1) is 14.7. The molecule has 0 aliphatic carbocycles. The maximum atomic E-state index is 14.0. The highest BCUT2D eigenvalue weighted by atomic mass is 127. The molecule has 0 aromatic heterocycles. The van der Waals surface area contributed by atoms with Crippen LogP contribution in [0.2, 0.25) is 5.02 Å². The van der Waals surface area contributed by atoms with E-state index < -0.39 is 17.7 Å². The largest absolute Gasteiger partial charge is 0.383 e. The Morgan fingerprint density at radius 2 is 1.89 bits per heavy atom. The van der Waals surface area contributed by atoms with Gasteiger partial charge in [0.2, 0.25) is 0 Å². The lowest BCUT2D eigenvalue weighted by atomic mass is 9.98. The molecule has 0 aliphatic rings. The van der Waals surface area contributed by atoms with E-state index >= 15 is 0 Å². The Balaban J connectivity index is 2.59. The molecule has 0 fully saturated rings. The van der Waals surface area contributed by atoms with Crippen molar-refractivity contribution in [2.45, 2.75) is 13.0 Å². The third-order valence-electron chi connectivity index (χ3n) is 2.85. The van der Waals surface area contributed by atoms with E-state index in [-0.39, 0.29) is 11.1 Å². The fourth-order valence-corrected chi connectivity index (χ4v) is 2.62. The maximum absolute atomic E-state index is 14.0. The number of hydrogen-bond donors (Lipinski definition) is 1. The van der Waals surface area contributed by atoms with Crippen LogP contribution in [0.4, 0.5) is 8.78 Å². The minimum atomic E-state index is -1.38. The third-order valence-corrected chi connectivity index (χ3v) is 4.06. The summed E-state index contributed by atoms with van der Waals surface area (Å²) in [5.74, 6) is -1.50. The molecule has 1 N–H and O–H groups in total. The van der Waals surface area contributed by atoms with Crippen LogP contribution in [0.25, 0.3) is 0 Å². The lowest BCUT2D eigenvalue weighted by Gasteiger charge is -2.16. The van der Waals surface area contributed by atoms with E-state index in [4.69, 9.17) is 11.6 Å². The van der Waals surface area contributed by atoms with Gasteiger partial charge in [-0.3, -0.25) is 0 Å². The van der Waals surface area contributed by atoms with Gasteiger partial charge in [0.25, 0.3) is 0 Å². The molecule has 2 aromatic rings. The number of hydrogen-bond acceptors (Lipinski definition) is 1. The molecule has 0 heterocycles. The van der Waals surface area contributed by atoms with Crippen LogP contribution in [0, 0.1) is 22.1 Å². The molecule has 0 spiro atoms. The number of rotatable bonds is 2. The molecule has 0 amide bonds. The molecule has 5 heteroatoms. The fourth-order valence-electron chi connectivity index (χ4n) is 1.81. The topological polar surface area (TPSA) is 20.2 Å². The van der Waals surface area contributed by atoms with Crippen LogP contribution in [0.3, 0.4) is 0 Å². The Hall–Kier alpha value is -0.720. The summed E-state index contributed by atoms with van der Waals surface area (Å²) >= 11 is 7.84. The zero-order chi connectivity index (χ0) is 14.2. The second-order valence-electron chi connectivity index (χ2n) is 4.16. The van der Waals surface area contributed by atoms with Crippen molar-refractivity contribution in [3.8, 4) is 0 Å². The molecular weight excluding hydrogens is 385 g/mol. The molecule has 100 valence electrons. The van der Waals surface area contributed by atoms with E-state index in [0.717, 1.165) is 6.07 Å². The molecule has 0 aliphatic heterocycles. The molecular formula is C14H10ClF2IO. The highest BCUT2D eigenvalue weighted by molar-refractivity contribution is 14.1. The number of aliphatic hydroxyl groups is 1. The van der Waals surface area contributed by atoms with Crippen LogP contribution in [0.1, 0.15) is 22.8 Å². The summed E-state index contributed by atoms with van der Waals surface area (Å²) in [5, 5.41) is 10.6. The van der Waals surface area contributed by atoms with Gasteiger partial charge in [-0.05, 0) is 64.9 Å². The van der Waals surface area contributed by atoms with Crippen LogP contribution in [0.15, 0.2) is 30.3 Å². The van der Waals surface area contributed by atoms with E-state index in [9.17, 15) is 13.9 Å². The summed E-state index contributed by atoms with van der Waals surface area (Å²) in [6.45, 7) is 1.52. The van der Waals surface area contributed by atoms with E-state index in [1.807, 2.05) is 22.6 Å². The van der Waals surface area contributed by atoms with E-state index in [0.29, 0.717) is 14.2 Å². The summed E-state index contributed by atoms with van der Waals surface area (Å²) in [6, 6.07) is 7.34. The lowest BCUT2D eigenvalue weighted by Crippen LogP contribution is -2.08. The second kappa shape index (κ2) is 5.73. The second-order valence-corrected chi connectivity index (χ2v) is 5.76. The van der Waals surface area contributed by atoms with Gasteiger partial charge in [0.05, 0.1) is 5.56 Å². The average Bonchev–Trinajstić information content (AvgIpc) is 2.37. The monoisotopic (exact) mass is 394 g/mol. The van der Waals surface area contributed by atoms with Gasteiger partial charge in [0.1, 0.15) is 17.7 Å². The summed E-state index contributed by atoms with van der Waals surface area (Å²) in [7, 11) is 0. The van der Waals surface area contributed by atoms with Crippen molar-refractivity contribution in [3.05, 3.63) is 67.2 Å². The summed E-state index contributed by atoms with van der Waals surface area (Å²) < 4.78 is 28.4. The number of benzene rings is 2. The standard InChI is InChI=1S/C14H10ClF2IO/c1-7-2-4-10(16)12(13(7)17)14(19)9-6-8(15)3-5-11(9)18/h2-6,14,19H,1H3. The average molecular weight is 395 g/mol. The van der Waals surface area contributed by atoms with Crippen molar-refractivity contribution in [3.63, 3.8) is 0 Å². The highest BCUT2D eigenvalue weighted by Gasteiger charge is 2.23. The van der Waals surface area contributed by atoms with Crippen LogP contribution in [0.5, 0.6) is 0 Å². The number of aryl methyl sites for hydroxylation is 1. The zero-order valence-electron chi connectivity index (χ0n) is 9.92. The molecule has 1 nitrogen and oxygen atoms in total. The van der Waals surface area contributed by atoms with Crippen LogP contribution >= 0.6 is 34.2 Å². The molecule has 0 bridgehead atoms. The van der Waals surface area contributed by atoms with Gasteiger partial charge in [-0.2, -0.15) is 0 Å². The summed E-state index contributed by atoms with van der Waals surface area (Å²) in [4.78, 5) is 0. The van der Waals surface area contributed by atoms with E-state index in [1.165, 1.54) is 19.1 Å². The Kier molecular flexibility index (Phi) is 4.43. The molecule has 0 saturated heterocycles. The highest BCUT2D eigenvalue weighted by Crippen LogP contribution is 2.32. The van der Waals surface area contributed by atoms with Gasteiger partial charge in [-0.1, -0.05) is 17.7 Å². The minimum Gasteiger partial charge on any atom is -0.383 e. The van der Waals surface area contributed by atoms with Crippen LogP contribution < -0.4 is 0 Å². The van der Waals surface area contributed by atoms with Gasteiger partial charge in [0, 0.05) is 8.59 Å². The van der Waals surface area contributed by atoms with Gasteiger partial charge in [-0.25, -0.2) is 8.78 Å². The quantitative estimate of drug-likeness (QED) is 0.738. The smallest absolute Gasteiger partial charge is 0.135 e. The van der Waals surface area contributed by atoms with Crippen molar-refractivity contribution < 1.29 is 13.9 Å². The third kappa shape index (κ3) is 2.90. The number of aliphatic hydroxyl groups excluding tert-OH is 1. The molecule has 1 atom stereocenters. The van der Waals surface area contributed by atoms with Gasteiger partial charge in [0.15, 0.2) is 0 Å². The Labute approximate surface area is 128 Å². The predicted octanol–water partition coefficient (Wildman–Crippen LogP) is 4.61. The summed E-state index contributed by atoms with van der Waals surface area (Å²) in [5.41, 5.74) is 0.323.